The molecule has 0 fully saturated rings. The van der Waals surface area contributed by atoms with Crippen LogP contribution in [-0.4, -0.2) is 18.7 Å². The Labute approximate surface area is 140 Å². The van der Waals surface area contributed by atoms with Gasteiger partial charge in [-0.2, -0.15) is 5.10 Å². The van der Waals surface area contributed by atoms with Crippen LogP contribution in [0.5, 0.6) is 0 Å². The maximum absolute atomic E-state index is 11.7. The summed E-state index contributed by atoms with van der Waals surface area (Å²) in [4.78, 5) is 12.6. The van der Waals surface area contributed by atoms with Crippen LogP contribution in [0.15, 0.2) is 39.2 Å². The van der Waals surface area contributed by atoms with Gasteiger partial charge < -0.3 is 5.32 Å². The molecular weight excluding hydrogens is 374 g/mol. The summed E-state index contributed by atoms with van der Waals surface area (Å²) in [6, 6.07) is 9.37. The van der Waals surface area contributed by atoms with Gasteiger partial charge in [0.1, 0.15) is 0 Å². The summed E-state index contributed by atoms with van der Waals surface area (Å²) in [6.07, 6.45) is 1.61. The Morgan fingerprint density at radius 3 is 2.95 bits per heavy atom. The van der Waals surface area contributed by atoms with E-state index in [0.717, 1.165) is 19.9 Å². The van der Waals surface area contributed by atoms with E-state index in [1.807, 2.05) is 37.3 Å². The Morgan fingerprint density at radius 1 is 1.43 bits per heavy atom. The molecule has 0 aliphatic carbocycles. The molecule has 0 radical (unpaired) electrons. The van der Waals surface area contributed by atoms with Crippen molar-refractivity contribution >= 4 is 56.7 Å². The molecule has 1 heterocycles. The highest BCUT2D eigenvalue weighted by molar-refractivity contribution is 9.11. The Hall–Kier alpha value is -1.37. The number of halogens is 2. The lowest BCUT2D eigenvalue weighted by atomic mass is 10.2. The van der Waals surface area contributed by atoms with Crippen LogP contribution in [0.3, 0.4) is 0 Å². The molecule has 110 valence electrons. The summed E-state index contributed by atoms with van der Waals surface area (Å²) in [5, 5.41) is 7.61. The van der Waals surface area contributed by atoms with Crippen LogP contribution in [0.2, 0.25) is 5.02 Å². The van der Waals surface area contributed by atoms with Crippen LogP contribution >= 0.6 is 38.9 Å². The lowest BCUT2D eigenvalue weighted by Crippen LogP contribution is -2.26. The first-order valence-corrected chi connectivity index (χ1v) is 8.11. The van der Waals surface area contributed by atoms with Crippen molar-refractivity contribution in [2.24, 2.45) is 5.10 Å². The molecule has 0 aliphatic heterocycles. The quantitative estimate of drug-likeness (QED) is 0.602. The predicted molar refractivity (Wildman–Crippen MR) is 92.4 cm³/mol. The summed E-state index contributed by atoms with van der Waals surface area (Å²) < 4.78 is 1.02. The van der Waals surface area contributed by atoms with E-state index in [0.29, 0.717) is 5.02 Å². The summed E-state index contributed by atoms with van der Waals surface area (Å²) in [6.45, 7) is 2.03. The van der Waals surface area contributed by atoms with Crippen molar-refractivity contribution in [1.82, 2.24) is 5.43 Å². The molecule has 21 heavy (non-hydrogen) atoms. The minimum atomic E-state index is -0.221. The number of hydrogen-bond donors (Lipinski definition) is 2. The number of anilines is 1. The van der Waals surface area contributed by atoms with Crippen LogP contribution in [0.4, 0.5) is 5.69 Å². The zero-order valence-corrected chi connectivity index (χ0v) is 14.3. The molecule has 0 saturated carbocycles. The third-order valence-electron chi connectivity index (χ3n) is 2.68. The number of hydrogen-bond acceptors (Lipinski definition) is 4. The van der Waals surface area contributed by atoms with Gasteiger partial charge in [-0.15, -0.1) is 11.3 Å². The summed E-state index contributed by atoms with van der Waals surface area (Å²) in [5.74, 6) is -0.221. The predicted octanol–water partition coefficient (Wildman–Crippen LogP) is 4.03. The summed E-state index contributed by atoms with van der Waals surface area (Å²) in [7, 11) is 0. The number of rotatable bonds is 5. The number of carbonyl (C=O) groups is 1. The van der Waals surface area contributed by atoms with Gasteiger partial charge in [0.2, 0.25) is 0 Å². The van der Waals surface area contributed by atoms with Crippen molar-refractivity contribution < 1.29 is 4.79 Å². The maximum Gasteiger partial charge on any atom is 0.259 e. The molecule has 2 N–H and O–H groups in total. The van der Waals surface area contributed by atoms with Gasteiger partial charge in [-0.25, -0.2) is 5.43 Å². The second kappa shape index (κ2) is 7.59. The van der Waals surface area contributed by atoms with Crippen molar-refractivity contribution in [3.8, 4) is 0 Å². The van der Waals surface area contributed by atoms with Crippen LogP contribution in [0.1, 0.15) is 10.4 Å². The highest BCUT2D eigenvalue weighted by Gasteiger charge is 2.04. The topological polar surface area (TPSA) is 53.5 Å². The third kappa shape index (κ3) is 4.84. The maximum atomic E-state index is 11.7. The van der Waals surface area contributed by atoms with E-state index >= 15 is 0 Å². The Bertz CT molecular complexity index is 672. The molecule has 0 spiro atoms. The molecule has 0 saturated heterocycles. The molecule has 0 atom stereocenters. The van der Waals surface area contributed by atoms with Crippen molar-refractivity contribution in [2.75, 3.05) is 11.9 Å². The molecule has 0 aliphatic rings. The van der Waals surface area contributed by atoms with E-state index in [-0.39, 0.29) is 12.5 Å². The highest BCUT2D eigenvalue weighted by atomic mass is 79.9. The van der Waals surface area contributed by atoms with Gasteiger partial charge in [-0.05, 0) is 52.7 Å². The van der Waals surface area contributed by atoms with Gasteiger partial charge in [-0.3, -0.25) is 4.79 Å². The lowest BCUT2D eigenvalue weighted by Gasteiger charge is -2.09. The third-order valence-corrected chi connectivity index (χ3v) is 4.65. The van der Waals surface area contributed by atoms with Gasteiger partial charge in [0.15, 0.2) is 0 Å². The fourth-order valence-electron chi connectivity index (χ4n) is 1.58. The molecule has 0 unspecified atom stereocenters. The van der Waals surface area contributed by atoms with E-state index in [9.17, 15) is 4.79 Å². The lowest BCUT2D eigenvalue weighted by molar-refractivity contribution is -0.119. The summed E-state index contributed by atoms with van der Waals surface area (Å²) >= 11 is 10.9. The molecule has 0 bridgehead atoms. The van der Waals surface area contributed by atoms with Crippen LogP contribution < -0.4 is 10.7 Å². The number of amides is 1. The number of nitrogens with zero attached hydrogens (tertiary/aromatic N) is 1. The van der Waals surface area contributed by atoms with Gasteiger partial charge in [0.25, 0.3) is 5.91 Å². The smallest absolute Gasteiger partial charge is 0.259 e. The zero-order valence-electron chi connectivity index (χ0n) is 11.2. The number of carbonyl (C=O) groups excluding carboxylic acids is 1. The summed E-state index contributed by atoms with van der Waals surface area (Å²) in [5.41, 5.74) is 4.22. The first kappa shape index (κ1) is 16.0. The fourth-order valence-corrected chi connectivity index (χ4v) is 3.05. The van der Waals surface area contributed by atoms with Crippen molar-refractivity contribution in [2.45, 2.75) is 6.92 Å². The number of nitrogens with one attached hydrogen (secondary N) is 2. The first-order valence-electron chi connectivity index (χ1n) is 6.12. The zero-order chi connectivity index (χ0) is 15.2. The normalized spacial score (nSPS) is 10.8. The molecule has 1 amide bonds. The largest absolute Gasteiger partial charge is 0.376 e. The van der Waals surface area contributed by atoms with Crippen molar-refractivity contribution in [3.63, 3.8) is 0 Å². The molecule has 1 aromatic heterocycles. The van der Waals surface area contributed by atoms with E-state index in [4.69, 9.17) is 11.6 Å². The second-order valence-corrected chi connectivity index (χ2v) is 7.10. The van der Waals surface area contributed by atoms with Gasteiger partial charge >= 0.3 is 0 Å². The molecule has 7 heteroatoms. The number of hydrazone groups is 1. The van der Waals surface area contributed by atoms with E-state index in [2.05, 4.69) is 31.8 Å². The minimum Gasteiger partial charge on any atom is -0.376 e. The Balaban J connectivity index is 1.82. The highest BCUT2D eigenvalue weighted by Crippen LogP contribution is 2.22. The SMILES string of the molecule is Cc1c(Cl)cccc1NCC(=O)N/N=C/c1ccc(Br)s1. The van der Waals surface area contributed by atoms with Crippen LogP contribution in [0, 0.1) is 6.92 Å². The van der Waals surface area contributed by atoms with Crippen molar-refractivity contribution in [1.29, 1.82) is 0 Å². The second-order valence-electron chi connectivity index (χ2n) is 4.20. The molecular formula is C14H13BrClN3OS. The standard InChI is InChI=1S/C14H13BrClN3OS/c1-9-11(16)3-2-4-12(9)17-8-14(20)19-18-7-10-5-6-13(15)21-10/h2-7,17H,8H2,1H3,(H,19,20)/b18-7+. The molecule has 1 aromatic carbocycles. The number of benzene rings is 1. The van der Waals surface area contributed by atoms with E-state index in [1.165, 1.54) is 11.3 Å². The number of thiophene rings is 1. The Kier molecular flexibility index (Phi) is 5.78. The Morgan fingerprint density at radius 2 is 2.24 bits per heavy atom. The average molecular weight is 387 g/mol. The van der Waals surface area contributed by atoms with Crippen LogP contribution in [-0.2, 0) is 4.79 Å². The van der Waals surface area contributed by atoms with E-state index in [1.54, 1.807) is 6.21 Å². The van der Waals surface area contributed by atoms with Crippen LogP contribution in [0.25, 0.3) is 0 Å². The van der Waals surface area contributed by atoms with E-state index < -0.39 is 0 Å². The van der Waals surface area contributed by atoms with Gasteiger partial charge in [0.05, 0.1) is 16.5 Å². The fraction of sp³-hybridized carbons (Fsp3) is 0.143. The first-order chi connectivity index (χ1) is 10.1. The van der Waals surface area contributed by atoms with Crippen molar-refractivity contribution in [3.05, 3.63) is 49.6 Å². The molecule has 2 rings (SSSR count). The molecule has 4 nitrogen and oxygen atoms in total. The van der Waals surface area contributed by atoms with Gasteiger partial charge in [-0.1, -0.05) is 17.7 Å². The monoisotopic (exact) mass is 385 g/mol. The molecule has 2 aromatic rings. The minimum absolute atomic E-state index is 0.132. The van der Waals surface area contributed by atoms with Gasteiger partial charge in [0, 0.05) is 15.6 Å². The average Bonchev–Trinajstić information content (AvgIpc) is 2.86.